The number of carbonyl (C=O) groups is 1. The first-order valence-corrected chi connectivity index (χ1v) is 7.98. The average molecular weight is 309 g/mol. The molecule has 0 saturated heterocycles. The van der Waals surface area contributed by atoms with E-state index < -0.39 is 0 Å². The van der Waals surface area contributed by atoms with Crippen LogP contribution in [0.2, 0.25) is 0 Å². The molecule has 1 aliphatic rings. The van der Waals surface area contributed by atoms with Crippen LogP contribution in [-0.4, -0.2) is 32.9 Å². The third-order valence-electron chi connectivity index (χ3n) is 4.24. The number of benzene rings is 1. The maximum absolute atomic E-state index is 13.1. The van der Waals surface area contributed by atoms with Crippen LogP contribution in [0.1, 0.15) is 32.3 Å². The number of amides is 1. The fourth-order valence-electron chi connectivity index (χ4n) is 3.03. The summed E-state index contributed by atoms with van der Waals surface area (Å²) in [7, 11) is 0. The Hall–Kier alpha value is -2.53. The summed E-state index contributed by atoms with van der Waals surface area (Å²) in [5.41, 5.74) is 3.03. The van der Waals surface area contributed by atoms with E-state index in [1.54, 1.807) is 29.6 Å². The highest BCUT2D eigenvalue weighted by Crippen LogP contribution is 2.36. The van der Waals surface area contributed by atoms with Crippen molar-refractivity contribution < 1.29 is 9.28 Å². The highest BCUT2D eigenvalue weighted by atomic mass is 16.2. The molecule has 0 aliphatic carbocycles. The monoisotopic (exact) mass is 309 g/mol. The van der Waals surface area contributed by atoms with E-state index in [0.29, 0.717) is 6.54 Å². The molecular formula is C18H21N4O+. The lowest BCUT2D eigenvalue weighted by Crippen LogP contribution is -2.51. The lowest BCUT2D eigenvalue weighted by Gasteiger charge is -2.28. The lowest BCUT2D eigenvalue weighted by molar-refractivity contribution is -0.705. The van der Waals surface area contributed by atoms with Gasteiger partial charge in [0.1, 0.15) is 12.0 Å². The number of carbonyl (C=O) groups excluding carboxylic acids is 1. The minimum atomic E-state index is -0.0388. The largest absolute Gasteiger partial charge is 0.439 e. The number of aliphatic imine (C=N–C) groups is 1. The van der Waals surface area contributed by atoms with Crippen molar-refractivity contribution in [2.75, 3.05) is 6.54 Å². The van der Waals surface area contributed by atoms with E-state index in [-0.39, 0.29) is 10.5 Å². The summed E-state index contributed by atoms with van der Waals surface area (Å²) >= 11 is 0. The zero-order valence-corrected chi connectivity index (χ0v) is 13.5. The van der Waals surface area contributed by atoms with Crippen LogP contribution < -0.4 is 0 Å². The average Bonchev–Trinajstić information content (AvgIpc) is 3.24. The molecule has 0 fully saturated rings. The van der Waals surface area contributed by atoms with Gasteiger partial charge in [0, 0.05) is 24.4 Å². The van der Waals surface area contributed by atoms with E-state index >= 15 is 0 Å². The van der Waals surface area contributed by atoms with Crippen molar-refractivity contribution in [2.24, 2.45) is 4.99 Å². The van der Waals surface area contributed by atoms with Gasteiger partial charge in [0.15, 0.2) is 5.70 Å². The standard InChI is InChI=1S/C18H21N4O/c1-3-8-16-17(15-9-6-5-7-10-15)20-14-22(16,4-2)18(23)21-12-11-19-13-21/h5-7,9-14H,3-4,8H2,1-2H3/q+1. The maximum Gasteiger partial charge on any atom is 0.439 e. The van der Waals surface area contributed by atoms with E-state index in [9.17, 15) is 4.79 Å². The molecule has 1 unspecified atom stereocenters. The second-order valence-electron chi connectivity index (χ2n) is 5.59. The van der Waals surface area contributed by atoms with Crippen LogP contribution in [0.4, 0.5) is 4.79 Å². The Bertz CT molecular complexity index is 747. The molecule has 5 nitrogen and oxygen atoms in total. The van der Waals surface area contributed by atoms with Crippen LogP contribution in [0.15, 0.2) is 59.7 Å². The third-order valence-corrected chi connectivity index (χ3v) is 4.24. The van der Waals surface area contributed by atoms with Gasteiger partial charge < -0.3 is 0 Å². The molecule has 2 heterocycles. The maximum atomic E-state index is 13.1. The molecule has 2 aromatic rings. The Labute approximate surface area is 136 Å². The summed E-state index contributed by atoms with van der Waals surface area (Å²) in [5.74, 6) is 0. The van der Waals surface area contributed by atoms with Crippen molar-refractivity contribution in [1.82, 2.24) is 9.55 Å². The van der Waals surface area contributed by atoms with Gasteiger partial charge in [-0.25, -0.2) is 14.3 Å². The molecular weight excluding hydrogens is 288 g/mol. The fourth-order valence-corrected chi connectivity index (χ4v) is 3.03. The zero-order valence-electron chi connectivity index (χ0n) is 13.5. The molecule has 0 saturated carbocycles. The second kappa shape index (κ2) is 6.30. The number of quaternary nitrogens is 1. The van der Waals surface area contributed by atoms with Crippen LogP contribution in [0.3, 0.4) is 0 Å². The van der Waals surface area contributed by atoms with Crippen LogP contribution in [0.5, 0.6) is 0 Å². The Morgan fingerprint density at radius 3 is 2.61 bits per heavy atom. The molecule has 1 aromatic heterocycles. The van der Waals surface area contributed by atoms with Gasteiger partial charge in [-0.1, -0.05) is 37.3 Å². The quantitative estimate of drug-likeness (QED) is 0.804. The Morgan fingerprint density at radius 2 is 2.00 bits per heavy atom. The van der Waals surface area contributed by atoms with Crippen molar-refractivity contribution in [2.45, 2.75) is 26.7 Å². The van der Waals surface area contributed by atoms with Gasteiger partial charge in [-0.2, -0.15) is 9.48 Å². The Kier molecular flexibility index (Phi) is 4.21. The van der Waals surface area contributed by atoms with Gasteiger partial charge >= 0.3 is 6.03 Å². The lowest BCUT2D eigenvalue weighted by atomic mass is 10.1. The first kappa shape index (κ1) is 15.4. The van der Waals surface area contributed by atoms with Crippen LogP contribution in [0, 0.1) is 0 Å². The first-order chi connectivity index (χ1) is 11.2. The van der Waals surface area contributed by atoms with Gasteiger partial charge in [-0.3, -0.25) is 0 Å². The Balaban J connectivity index is 2.12. The number of imidazole rings is 1. The predicted octanol–water partition coefficient (Wildman–Crippen LogP) is 3.90. The molecule has 1 aliphatic heterocycles. The van der Waals surface area contributed by atoms with E-state index in [1.807, 2.05) is 37.3 Å². The molecule has 0 spiro atoms. The molecule has 3 rings (SSSR count). The summed E-state index contributed by atoms with van der Waals surface area (Å²) in [6.07, 6.45) is 8.44. The van der Waals surface area contributed by atoms with Crippen LogP contribution >= 0.6 is 0 Å². The number of rotatable bonds is 4. The minimum absolute atomic E-state index is 0.0388. The van der Waals surface area contributed by atoms with Crippen molar-refractivity contribution in [3.8, 4) is 0 Å². The summed E-state index contributed by atoms with van der Waals surface area (Å²) in [6.45, 7) is 4.77. The highest BCUT2D eigenvalue weighted by Gasteiger charge is 2.45. The van der Waals surface area contributed by atoms with Gasteiger partial charge in [-0.15, -0.1) is 0 Å². The number of nitrogens with zero attached hydrogens (tertiary/aromatic N) is 4. The van der Waals surface area contributed by atoms with Crippen molar-refractivity contribution in [3.63, 3.8) is 0 Å². The topological polar surface area (TPSA) is 47.2 Å². The van der Waals surface area contributed by atoms with Gasteiger partial charge in [-0.05, 0) is 13.3 Å². The summed E-state index contributed by atoms with van der Waals surface area (Å²) in [4.78, 5) is 21.7. The second-order valence-corrected chi connectivity index (χ2v) is 5.59. The molecule has 0 bridgehead atoms. The smallest absolute Gasteiger partial charge is 0.245 e. The third kappa shape index (κ3) is 2.53. The molecule has 5 heteroatoms. The summed E-state index contributed by atoms with van der Waals surface area (Å²) in [6, 6.07) is 10.0. The molecule has 1 amide bonds. The number of hydrogen-bond donors (Lipinski definition) is 0. The molecule has 1 atom stereocenters. The van der Waals surface area contributed by atoms with Crippen molar-refractivity contribution in [3.05, 3.63) is 60.3 Å². The van der Waals surface area contributed by atoms with Crippen LogP contribution in [0.25, 0.3) is 5.70 Å². The minimum Gasteiger partial charge on any atom is -0.245 e. The molecule has 1 aromatic carbocycles. The van der Waals surface area contributed by atoms with Gasteiger partial charge in [0.2, 0.25) is 6.34 Å². The van der Waals surface area contributed by atoms with E-state index in [2.05, 4.69) is 16.9 Å². The molecule has 0 N–H and O–H groups in total. The van der Waals surface area contributed by atoms with Crippen LogP contribution in [-0.2, 0) is 0 Å². The number of allylic oxidation sites excluding steroid dienone is 1. The summed E-state index contributed by atoms with van der Waals surface area (Å²) in [5, 5.41) is 0. The zero-order chi connectivity index (χ0) is 16.3. The van der Waals surface area contributed by atoms with Gasteiger partial charge in [0.25, 0.3) is 0 Å². The SMILES string of the molecule is CCCC1=C(c2ccccc2)N=C[N+]1(CC)C(=O)n1ccnc1. The predicted molar refractivity (Wildman–Crippen MR) is 90.6 cm³/mol. The van der Waals surface area contributed by atoms with Crippen molar-refractivity contribution in [1.29, 1.82) is 0 Å². The summed E-state index contributed by atoms with van der Waals surface area (Å²) < 4.78 is 1.67. The fraction of sp³-hybridized carbons (Fsp3) is 0.278. The van der Waals surface area contributed by atoms with Crippen molar-refractivity contribution >= 4 is 18.1 Å². The normalized spacial score (nSPS) is 20.3. The highest BCUT2D eigenvalue weighted by molar-refractivity contribution is 5.87. The van der Waals surface area contributed by atoms with E-state index in [4.69, 9.17) is 0 Å². The van der Waals surface area contributed by atoms with E-state index in [1.165, 1.54) is 0 Å². The Morgan fingerprint density at radius 1 is 1.22 bits per heavy atom. The van der Waals surface area contributed by atoms with Gasteiger partial charge in [0.05, 0.1) is 6.54 Å². The first-order valence-electron chi connectivity index (χ1n) is 7.98. The molecule has 118 valence electrons. The number of hydrogen-bond acceptors (Lipinski definition) is 3. The van der Waals surface area contributed by atoms with E-state index in [0.717, 1.165) is 29.8 Å². The molecule has 0 radical (unpaired) electrons. The molecule has 23 heavy (non-hydrogen) atoms. The number of aromatic nitrogens is 2.